The van der Waals surface area contributed by atoms with Crippen LogP contribution in [-0.4, -0.2) is 29.7 Å². The topological polar surface area (TPSA) is 36.6 Å². The van der Waals surface area contributed by atoms with Crippen molar-refractivity contribution in [3.8, 4) is 0 Å². The molecule has 18 heavy (non-hydrogen) atoms. The van der Waals surface area contributed by atoms with E-state index in [1.54, 1.807) is 6.26 Å². The van der Waals surface area contributed by atoms with Crippen LogP contribution in [0.4, 0.5) is 0 Å². The predicted molar refractivity (Wildman–Crippen MR) is 72.3 cm³/mol. The standard InChI is InChI=1S/C15H25NO2/c1-2-16(11-14-7-6-10-18-14)12-15(13-17)8-4-3-5-9-15/h6-7,10,17H,2-5,8-9,11-13H2,1H3. The molecule has 0 bridgehead atoms. The number of rotatable bonds is 6. The van der Waals surface area contributed by atoms with Crippen LogP contribution < -0.4 is 0 Å². The summed E-state index contributed by atoms with van der Waals surface area (Å²) >= 11 is 0. The van der Waals surface area contributed by atoms with Gasteiger partial charge in [-0.1, -0.05) is 26.2 Å². The number of aliphatic hydroxyl groups excluding tert-OH is 1. The molecule has 0 unspecified atom stereocenters. The van der Waals surface area contributed by atoms with Gasteiger partial charge in [0.05, 0.1) is 12.8 Å². The molecule has 3 heteroatoms. The Kier molecular flexibility index (Phi) is 4.84. The lowest BCUT2D eigenvalue weighted by Crippen LogP contribution is -2.41. The fourth-order valence-electron chi connectivity index (χ4n) is 3.04. The predicted octanol–water partition coefficient (Wildman–Crippen LogP) is 3.04. The van der Waals surface area contributed by atoms with E-state index >= 15 is 0 Å². The summed E-state index contributed by atoms with van der Waals surface area (Å²) in [7, 11) is 0. The summed E-state index contributed by atoms with van der Waals surface area (Å²) in [6, 6.07) is 3.96. The molecule has 102 valence electrons. The Balaban J connectivity index is 1.95. The van der Waals surface area contributed by atoms with E-state index in [4.69, 9.17) is 4.42 Å². The van der Waals surface area contributed by atoms with Crippen LogP contribution in [0.2, 0.25) is 0 Å². The zero-order chi connectivity index (χ0) is 12.8. The molecule has 0 aromatic carbocycles. The lowest BCUT2D eigenvalue weighted by molar-refractivity contribution is 0.0374. The average molecular weight is 251 g/mol. The van der Waals surface area contributed by atoms with Gasteiger partial charge in [0.15, 0.2) is 0 Å². The fourth-order valence-corrected chi connectivity index (χ4v) is 3.04. The van der Waals surface area contributed by atoms with E-state index in [1.165, 1.54) is 19.3 Å². The Labute approximate surface area is 110 Å². The Morgan fingerprint density at radius 3 is 2.67 bits per heavy atom. The molecule has 1 fully saturated rings. The van der Waals surface area contributed by atoms with E-state index in [9.17, 15) is 5.11 Å². The van der Waals surface area contributed by atoms with Crippen molar-refractivity contribution in [2.75, 3.05) is 19.7 Å². The summed E-state index contributed by atoms with van der Waals surface area (Å²) in [6.07, 6.45) is 7.91. The molecule has 1 aliphatic carbocycles. The minimum absolute atomic E-state index is 0.126. The summed E-state index contributed by atoms with van der Waals surface area (Å²) in [6.45, 7) is 5.34. The summed E-state index contributed by atoms with van der Waals surface area (Å²) in [4.78, 5) is 2.39. The van der Waals surface area contributed by atoms with Gasteiger partial charge in [-0.3, -0.25) is 4.90 Å². The molecule has 0 radical (unpaired) electrons. The molecule has 1 N–H and O–H groups in total. The highest BCUT2D eigenvalue weighted by molar-refractivity contribution is 4.98. The first-order valence-electron chi connectivity index (χ1n) is 7.13. The van der Waals surface area contributed by atoms with Crippen molar-refractivity contribution in [1.82, 2.24) is 4.90 Å². The molecular formula is C15H25NO2. The monoisotopic (exact) mass is 251 g/mol. The van der Waals surface area contributed by atoms with Crippen molar-refractivity contribution in [3.63, 3.8) is 0 Å². The second-order valence-electron chi connectivity index (χ2n) is 5.60. The molecule has 1 heterocycles. The normalized spacial score (nSPS) is 19.3. The second-order valence-corrected chi connectivity index (χ2v) is 5.60. The Hall–Kier alpha value is -0.800. The first-order valence-corrected chi connectivity index (χ1v) is 7.13. The highest BCUT2D eigenvalue weighted by Gasteiger charge is 2.33. The zero-order valence-corrected chi connectivity index (χ0v) is 11.4. The molecule has 1 aromatic heterocycles. The van der Waals surface area contributed by atoms with Crippen LogP contribution in [0.3, 0.4) is 0 Å². The largest absolute Gasteiger partial charge is 0.468 e. The molecule has 3 nitrogen and oxygen atoms in total. The Morgan fingerprint density at radius 1 is 1.33 bits per heavy atom. The molecule has 0 atom stereocenters. The minimum atomic E-state index is 0.126. The van der Waals surface area contributed by atoms with E-state index in [1.807, 2.05) is 12.1 Å². The van der Waals surface area contributed by atoms with Crippen molar-refractivity contribution in [1.29, 1.82) is 0 Å². The minimum Gasteiger partial charge on any atom is -0.468 e. The van der Waals surface area contributed by atoms with Gasteiger partial charge in [0.25, 0.3) is 0 Å². The van der Waals surface area contributed by atoms with E-state index in [0.29, 0.717) is 6.61 Å². The van der Waals surface area contributed by atoms with Crippen LogP contribution in [0, 0.1) is 5.41 Å². The maximum absolute atomic E-state index is 9.76. The summed E-state index contributed by atoms with van der Waals surface area (Å²) in [5.41, 5.74) is 0.126. The van der Waals surface area contributed by atoms with Gasteiger partial charge in [0.1, 0.15) is 5.76 Å². The highest BCUT2D eigenvalue weighted by atomic mass is 16.3. The molecule has 0 amide bonds. The van der Waals surface area contributed by atoms with Crippen LogP contribution in [0.1, 0.15) is 44.8 Å². The molecule has 1 aliphatic rings. The van der Waals surface area contributed by atoms with Crippen LogP contribution in [-0.2, 0) is 6.54 Å². The van der Waals surface area contributed by atoms with Gasteiger partial charge in [0, 0.05) is 18.6 Å². The molecular weight excluding hydrogens is 226 g/mol. The summed E-state index contributed by atoms with van der Waals surface area (Å²) < 4.78 is 5.42. The van der Waals surface area contributed by atoms with Crippen molar-refractivity contribution in [2.45, 2.75) is 45.6 Å². The lowest BCUT2D eigenvalue weighted by atomic mass is 9.74. The van der Waals surface area contributed by atoms with Gasteiger partial charge in [0.2, 0.25) is 0 Å². The fraction of sp³-hybridized carbons (Fsp3) is 0.733. The zero-order valence-electron chi connectivity index (χ0n) is 11.4. The quantitative estimate of drug-likeness (QED) is 0.844. The maximum atomic E-state index is 9.76. The smallest absolute Gasteiger partial charge is 0.117 e. The molecule has 0 saturated heterocycles. The number of hydrogen-bond donors (Lipinski definition) is 1. The van der Waals surface area contributed by atoms with Gasteiger partial charge in [-0.25, -0.2) is 0 Å². The molecule has 2 rings (SSSR count). The number of nitrogens with zero attached hydrogens (tertiary/aromatic N) is 1. The van der Waals surface area contributed by atoms with E-state index < -0.39 is 0 Å². The molecule has 1 saturated carbocycles. The van der Waals surface area contributed by atoms with Gasteiger partial charge < -0.3 is 9.52 Å². The van der Waals surface area contributed by atoms with Crippen LogP contribution >= 0.6 is 0 Å². The van der Waals surface area contributed by atoms with Gasteiger partial charge in [-0.05, 0) is 31.5 Å². The van der Waals surface area contributed by atoms with Crippen molar-refractivity contribution in [2.24, 2.45) is 5.41 Å². The van der Waals surface area contributed by atoms with Crippen LogP contribution in [0.5, 0.6) is 0 Å². The van der Waals surface area contributed by atoms with E-state index in [2.05, 4.69) is 11.8 Å². The lowest BCUT2D eigenvalue weighted by Gasteiger charge is -2.39. The Bertz CT molecular complexity index is 328. The van der Waals surface area contributed by atoms with Crippen LogP contribution in [0.15, 0.2) is 22.8 Å². The maximum Gasteiger partial charge on any atom is 0.117 e. The van der Waals surface area contributed by atoms with Crippen molar-refractivity contribution in [3.05, 3.63) is 24.2 Å². The highest BCUT2D eigenvalue weighted by Crippen LogP contribution is 2.36. The number of furan rings is 1. The number of hydrogen-bond acceptors (Lipinski definition) is 3. The third-order valence-corrected chi connectivity index (χ3v) is 4.22. The van der Waals surface area contributed by atoms with Gasteiger partial charge >= 0.3 is 0 Å². The van der Waals surface area contributed by atoms with Crippen molar-refractivity contribution < 1.29 is 9.52 Å². The first kappa shape index (κ1) is 13.6. The van der Waals surface area contributed by atoms with E-state index in [0.717, 1.165) is 38.2 Å². The van der Waals surface area contributed by atoms with Gasteiger partial charge in [-0.15, -0.1) is 0 Å². The van der Waals surface area contributed by atoms with Crippen LogP contribution in [0.25, 0.3) is 0 Å². The SMILES string of the molecule is CCN(Cc1ccco1)CC1(CO)CCCCC1. The second kappa shape index (κ2) is 6.39. The molecule has 0 aliphatic heterocycles. The van der Waals surface area contributed by atoms with Gasteiger partial charge in [-0.2, -0.15) is 0 Å². The van der Waals surface area contributed by atoms with E-state index in [-0.39, 0.29) is 5.41 Å². The third-order valence-electron chi connectivity index (χ3n) is 4.22. The Morgan fingerprint density at radius 2 is 2.11 bits per heavy atom. The average Bonchev–Trinajstić information content (AvgIpc) is 2.92. The first-order chi connectivity index (χ1) is 8.78. The molecule has 1 aromatic rings. The van der Waals surface area contributed by atoms with Crippen molar-refractivity contribution >= 4 is 0 Å². The molecule has 0 spiro atoms. The summed E-state index contributed by atoms with van der Waals surface area (Å²) in [5.74, 6) is 1.01. The summed E-state index contributed by atoms with van der Waals surface area (Å²) in [5, 5.41) is 9.76. The third kappa shape index (κ3) is 3.36. The number of aliphatic hydroxyl groups is 1.